The van der Waals surface area contributed by atoms with E-state index in [0.717, 1.165) is 5.69 Å². The highest BCUT2D eigenvalue weighted by molar-refractivity contribution is 9.10. The van der Waals surface area contributed by atoms with E-state index in [1.54, 1.807) is 23.0 Å². The van der Waals surface area contributed by atoms with Crippen LogP contribution < -0.4 is 9.80 Å². The molecule has 0 N–H and O–H groups in total. The maximum atomic E-state index is 13.1. The number of hydrogen-bond acceptors (Lipinski definition) is 5. The lowest BCUT2D eigenvalue weighted by Gasteiger charge is -2.47. The van der Waals surface area contributed by atoms with Gasteiger partial charge in [-0.15, -0.1) is 0 Å². The molecule has 1 atom stereocenters. The van der Waals surface area contributed by atoms with Gasteiger partial charge in [0.25, 0.3) is 5.91 Å². The van der Waals surface area contributed by atoms with E-state index < -0.39 is 17.7 Å². The van der Waals surface area contributed by atoms with Crippen molar-refractivity contribution in [2.75, 3.05) is 36.5 Å². The fourth-order valence-electron chi connectivity index (χ4n) is 3.86. The molecule has 2 aliphatic heterocycles. The third-order valence-electron chi connectivity index (χ3n) is 5.24. The Kier molecular flexibility index (Phi) is 5.31. The first-order valence-electron chi connectivity index (χ1n) is 9.48. The molecule has 2 aliphatic rings. The van der Waals surface area contributed by atoms with Crippen LogP contribution >= 0.6 is 39.1 Å². The summed E-state index contributed by atoms with van der Waals surface area (Å²) in [6, 6.07) is 1.26. The number of halogens is 3. The number of likely N-dealkylation sites (N-methyl/N-ethyl adjacent to an activating group) is 1. The zero-order chi connectivity index (χ0) is 22.0. The third kappa shape index (κ3) is 3.48. The van der Waals surface area contributed by atoms with Crippen LogP contribution in [0.3, 0.4) is 0 Å². The summed E-state index contributed by atoms with van der Waals surface area (Å²) >= 11 is 16.4. The number of ether oxygens (including phenoxy) is 1. The number of aromatic nitrogens is 1. The number of fused-ring (bicyclic) bond motifs is 5. The molecule has 2 amide bonds. The van der Waals surface area contributed by atoms with Crippen molar-refractivity contribution in [3.05, 3.63) is 26.8 Å². The predicted molar refractivity (Wildman–Crippen MR) is 122 cm³/mol. The van der Waals surface area contributed by atoms with Gasteiger partial charge < -0.3 is 19.4 Å². The van der Waals surface area contributed by atoms with Gasteiger partial charge in [0.15, 0.2) is 0 Å². The van der Waals surface area contributed by atoms with E-state index in [-0.39, 0.29) is 12.5 Å². The molecule has 4 rings (SSSR count). The number of amides is 2. The van der Waals surface area contributed by atoms with E-state index in [4.69, 9.17) is 27.9 Å². The molecule has 1 fully saturated rings. The molecule has 7 nitrogen and oxygen atoms in total. The second-order valence-electron chi connectivity index (χ2n) is 8.41. The topological polar surface area (TPSA) is 66.0 Å². The summed E-state index contributed by atoms with van der Waals surface area (Å²) in [5.74, 6) is -0.115. The van der Waals surface area contributed by atoms with Crippen molar-refractivity contribution in [2.45, 2.75) is 32.4 Å². The second kappa shape index (κ2) is 7.43. The zero-order valence-electron chi connectivity index (χ0n) is 17.0. The van der Waals surface area contributed by atoms with Crippen molar-refractivity contribution in [2.24, 2.45) is 0 Å². The summed E-state index contributed by atoms with van der Waals surface area (Å²) in [6.07, 6.45) is 1.25. The fraction of sp³-hybridized carbons (Fsp3) is 0.450. The smallest absolute Gasteiger partial charge is 0.410 e. The molecule has 0 saturated carbocycles. The minimum atomic E-state index is -0.603. The van der Waals surface area contributed by atoms with Gasteiger partial charge in [0, 0.05) is 30.0 Å². The lowest BCUT2D eigenvalue weighted by atomic mass is 10.0. The molecule has 0 radical (unpaired) electrons. The van der Waals surface area contributed by atoms with Crippen LogP contribution in [0.4, 0.5) is 16.2 Å². The van der Waals surface area contributed by atoms with Crippen LogP contribution in [0.5, 0.6) is 0 Å². The van der Waals surface area contributed by atoms with Gasteiger partial charge in [-0.1, -0.05) is 23.2 Å². The lowest BCUT2D eigenvalue weighted by Crippen LogP contribution is -2.63. The summed E-state index contributed by atoms with van der Waals surface area (Å²) in [5.41, 5.74) is 1.53. The standard InChI is InChI=1S/C20H21BrCl2N4O3/c1-20(2,3)30-19(29)26-5-6-27-13(9-26)18(28)25(4)12-8-24-11-7-10(21)15(22)16(23)14(11)17(12)27/h7-8,13H,5-6,9H2,1-4H3/t13-/m1/s1. The molecule has 0 unspecified atom stereocenters. The number of anilines is 2. The summed E-state index contributed by atoms with van der Waals surface area (Å²) < 4.78 is 6.15. The summed E-state index contributed by atoms with van der Waals surface area (Å²) in [6.45, 7) is 6.57. The number of pyridine rings is 1. The first kappa shape index (κ1) is 21.5. The molecular weight excluding hydrogens is 495 g/mol. The minimum absolute atomic E-state index is 0.115. The van der Waals surface area contributed by atoms with Crippen molar-refractivity contribution in [3.63, 3.8) is 0 Å². The number of nitrogens with zero attached hydrogens (tertiary/aromatic N) is 4. The second-order valence-corrected chi connectivity index (χ2v) is 10.0. The normalized spacial score (nSPS) is 19.1. The number of carbonyl (C=O) groups excluding carboxylic acids is 2. The Balaban J connectivity index is 1.79. The molecular formula is C20H21BrCl2N4O3. The Morgan fingerprint density at radius 3 is 2.63 bits per heavy atom. The minimum Gasteiger partial charge on any atom is -0.444 e. The molecule has 1 aromatic heterocycles. The third-order valence-corrected chi connectivity index (χ3v) is 6.96. The van der Waals surface area contributed by atoms with Gasteiger partial charge in [0.05, 0.1) is 39.7 Å². The van der Waals surface area contributed by atoms with Crippen LogP contribution in [0.2, 0.25) is 10.0 Å². The van der Waals surface area contributed by atoms with Gasteiger partial charge in [0.1, 0.15) is 11.6 Å². The highest BCUT2D eigenvalue weighted by Crippen LogP contribution is 2.47. The van der Waals surface area contributed by atoms with Crippen molar-refractivity contribution in [1.29, 1.82) is 0 Å². The molecule has 1 aromatic carbocycles. The molecule has 160 valence electrons. The van der Waals surface area contributed by atoms with Gasteiger partial charge in [-0.25, -0.2) is 4.79 Å². The van der Waals surface area contributed by atoms with Crippen molar-refractivity contribution in [3.8, 4) is 0 Å². The van der Waals surface area contributed by atoms with Gasteiger partial charge in [0.2, 0.25) is 0 Å². The Labute approximate surface area is 193 Å². The van der Waals surface area contributed by atoms with Crippen LogP contribution in [0, 0.1) is 0 Å². The number of hydrogen-bond donors (Lipinski definition) is 0. The fourth-order valence-corrected chi connectivity index (χ4v) is 4.83. The Hall–Kier alpha value is -1.77. The number of rotatable bonds is 0. The number of benzene rings is 1. The van der Waals surface area contributed by atoms with Crippen molar-refractivity contribution >= 4 is 73.4 Å². The van der Waals surface area contributed by atoms with Crippen LogP contribution in [0.1, 0.15) is 20.8 Å². The summed E-state index contributed by atoms with van der Waals surface area (Å²) in [4.78, 5) is 35.3. The van der Waals surface area contributed by atoms with Gasteiger partial charge in [-0.2, -0.15) is 0 Å². The lowest BCUT2D eigenvalue weighted by molar-refractivity contribution is -0.120. The summed E-state index contributed by atoms with van der Waals surface area (Å²) in [7, 11) is 1.70. The van der Waals surface area contributed by atoms with Gasteiger partial charge >= 0.3 is 6.09 Å². The molecule has 0 bridgehead atoms. The number of piperazine rings is 1. The largest absolute Gasteiger partial charge is 0.444 e. The Morgan fingerprint density at radius 1 is 1.27 bits per heavy atom. The predicted octanol–water partition coefficient (Wildman–Crippen LogP) is 4.71. The highest BCUT2D eigenvalue weighted by atomic mass is 79.9. The first-order chi connectivity index (χ1) is 14.0. The molecule has 3 heterocycles. The molecule has 2 aromatic rings. The first-order valence-corrected chi connectivity index (χ1v) is 11.0. The monoisotopic (exact) mass is 514 g/mol. The Morgan fingerprint density at radius 2 is 1.97 bits per heavy atom. The van der Waals surface area contributed by atoms with E-state index in [9.17, 15) is 9.59 Å². The zero-order valence-corrected chi connectivity index (χ0v) is 20.1. The molecule has 10 heteroatoms. The Bertz CT molecular complexity index is 1070. The van der Waals surface area contributed by atoms with E-state index in [1.807, 2.05) is 31.7 Å². The molecule has 0 aliphatic carbocycles. The van der Waals surface area contributed by atoms with E-state index in [0.29, 0.717) is 44.2 Å². The van der Waals surface area contributed by atoms with Crippen LogP contribution in [0.15, 0.2) is 16.7 Å². The molecule has 30 heavy (non-hydrogen) atoms. The molecule has 0 spiro atoms. The average Bonchev–Trinajstić information content (AvgIpc) is 2.68. The van der Waals surface area contributed by atoms with Crippen molar-refractivity contribution in [1.82, 2.24) is 9.88 Å². The maximum absolute atomic E-state index is 13.1. The van der Waals surface area contributed by atoms with E-state index in [2.05, 4.69) is 20.9 Å². The van der Waals surface area contributed by atoms with Crippen LogP contribution in [-0.4, -0.2) is 60.2 Å². The van der Waals surface area contributed by atoms with E-state index >= 15 is 0 Å². The average molecular weight is 516 g/mol. The quantitative estimate of drug-likeness (QED) is 0.475. The highest BCUT2D eigenvalue weighted by Gasteiger charge is 2.43. The van der Waals surface area contributed by atoms with Crippen molar-refractivity contribution < 1.29 is 14.3 Å². The SMILES string of the molecule is CN1C(=O)[C@H]2CN(C(=O)OC(C)(C)C)CCN2c2c1cnc1cc(Br)c(Cl)c(Cl)c21. The van der Waals surface area contributed by atoms with Gasteiger partial charge in [-0.05, 0) is 42.8 Å². The summed E-state index contributed by atoms with van der Waals surface area (Å²) in [5, 5.41) is 1.46. The van der Waals surface area contributed by atoms with Gasteiger partial charge in [-0.3, -0.25) is 9.78 Å². The molecule has 1 saturated heterocycles. The maximum Gasteiger partial charge on any atom is 0.410 e. The van der Waals surface area contributed by atoms with Crippen LogP contribution in [-0.2, 0) is 9.53 Å². The van der Waals surface area contributed by atoms with E-state index in [1.165, 1.54) is 0 Å². The number of carbonyl (C=O) groups is 2. The van der Waals surface area contributed by atoms with Crippen LogP contribution in [0.25, 0.3) is 10.9 Å².